The molecule has 0 saturated carbocycles. The van der Waals surface area contributed by atoms with E-state index >= 15 is 0 Å². The van der Waals surface area contributed by atoms with E-state index in [-0.39, 0.29) is 28.2 Å². The van der Waals surface area contributed by atoms with E-state index < -0.39 is 48.5 Å². The molecule has 232 valence electrons. The van der Waals surface area contributed by atoms with Crippen molar-refractivity contribution >= 4 is 35.2 Å². The van der Waals surface area contributed by atoms with Crippen molar-refractivity contribution < 1.29 is 28.6 Å². The molecule has 3 amide bonds. The quantitative estimate of drug-likeness (QED) is 0.391. The van der Waals surface area contributed by atoms with Crippen molar-refractivity contribution in [1.29, 1.82) is 0 Å². The predicted molar refractivity (Wildman–Crippen MR) is 160 cm³/mol. The lowest BCUT2D eigenvalue weighted by Gasteiger charge is -2.38. The number of nitrogens with one attached hydrogen (secondary N) is 1. The van der Waals surface area contributed by atoms with Gasteiger partial charge in [-0.25, -0.2) is 14.0 Å². The lowest BCUT2D eigenvalue weighted by atomic mass is 10.0. The number of ether oxygens (including phenoxy) is 1. The lowest BCUT2D eigenvalue weighted by molar-refractivity contribution is -0.137. The van der Waals surface area contributed by atoms with Crippen molar-refractivity contribution in [3.63, 3.8) is 0 Å². The van der Waals surface area contributed by atoms with Crippen LogP contribution >= 0.6 is 11.6 Å². The van der Waals surface area contributed by atoms with Crippen LogP contribution in [0.1, 0.15) is 24.8 Å². The number of likely N-dealkylation sites (tertiary alicyclic amines) is 1. The van der Waals surface area contributed by atoms with Gasteiger partial charge >= 0.3 is 17.7 Å². The van der Waals surface area contributed by atoms with E-state index in [2.05, 4.69) is 5.32 Å². The molecule has 1 saturated heterocycles. The molecule has 1 aromatic heterocycles. The maximum atomic E-state index is 14.2. The molecule has 0 spiro atoms. The van der Waals surface area contributed by atoms with Gasteiger partial charge < -0.3 is 25.0 Å². The molecular formula is C30H31ClFN5O7. The van der Waals surface area contributed by atoms with Crippen LogP contribution in [0, 0.1) is 5.82 Å². The molecule has 1 fully saturated rings. The van der Waals surface area contributed by atoms with Gasteiger partial charge in [0.2, 0.25) is 5.91 Å². The summed E-state index contributed by atoms with van der Waals surface area (Å²) < 4.78 is 21.3. The Kier molecular flexibility index (Phi) is 9.04. The Morgan fingerprint density at radius 3 is 2.55 bits per heavy atom. The Hall–Kier alpha value is -4.65. The average molecular weight is 628 g/mol. The molecule has 0 bridgehead atoms. The minimum atomic E-state index is -1.22. The van der Waals surface area contributed by atoms with Crippen molar-refractivity contribution in [1.82, 2.24) is 18.9 Å². The third kappa shape index (κ3) is 6.32. The number of anilines is 1. The monoisotopic (exact) mass is 627 g/mol. The SMILES string of the molecule is COc1ccc2c(c1)CCN(C1CCN(C(=O)Cn3cc(-c4cccc(F)c4Cl)c(=O)n(CCC(=O)O)c3=O)CC1)C(=O)N2. The molecule has 3 heterocycles. The second kappa shape index (κ2) is 12.9. The van der Waals surface area contributed by atoms with Crippen LogP contribution in [0.5, 0.6) is 5.75 Å². The number of aliphatic carboxylic acids is 1. The van der Waals surface area contributed by atoms with E-state index in [1.165, 1.54) is 12.1 Å². The summed E-state index contributed by atoms with van der Waals surface area (Å²) >= 11 is 6.12. The van der Waals surface area contributed by atoms with E-state index in [0.717, 1.165) is 32.6 Å². The summed E-state index contributed by atoms with van der Waals surface area (Å²) in [6, 6.07) is 9.07. The van der Waals surface area contributed by atoms with Gasteiger partial charge in [0, 0.05) is 49.7 Å². The highest BCUT2D eigenvalue weighted by molar-refractivity contribution is 6.33. The number of urea groups is 1. The smallest absolute Gasteiger partial charge is 0.331 e. The predicted octanol–water partition coefficient (Wildman–Crippen LogP) is 3.03. The first-order chi connectivity index (χ1) is 21.1. The van der Waals surface area contributed by atoms with Crippen LogP contribution in [0.3, 0.4) is 0 Å². The van der Waals surface area contributed by atoms with Gasteiger partial charge in [0.05, 0.1) is 24.1 Å². The molecule has 0 unspecified atom stereocenters. The first-order valence-electron chi connectivity index (χ1n) is 14.1. The Balaban J connectivity index is 1.31. The maximum Gasteiger partial charge on any atom is 0.331 e. The van der Waals surface area contributed by atoms with Crippen LogP contribution in [-0.2, 0) is 29.1 Å². The fraction of sp³-hybridized carbons (Fsp3) is 0.367. The van der Waals surface area contributed by atoms with Crippen molar-refractivity contribution in [2.75, 3.05) is 32.1 Å². The Labute approximate surface area is 256 Å². The maximum absolute atomic E-state index is 14.2. The number of rotatable bonds is 8. The number of hydrogen-bond donors (Lipinski definition) is 2. The van der Waals surface area contributed by atoms with Crippen LogP contribution in [0.15, 0.2) is 52.2 Å². The average Bonchev–Trinajstić information content (AvgIpc) is 3.17. The molecule has 12 nitrogen and oxygen atoms in total. The number of fused-ring (bicyclic) bond motifs is 1. The van der Waals surface area contributed by atoms with Gasteiger partial charge in [0.15, 0.2) is 0 Å². The topological polar surface area (TPSA) is 143 Å². The number of carbonyl (C=O) groups is 3. The largest absolute Gasteiger partial charge is 0.497 e. The zero-order valence-corrected chi connectivity index (χ0v) is 24.7. The van der Waals surface area contributed by atoms with Gasteiger partial charge in [0.1, 0.15) is 18.1 Å². The number of carboxylic acid groups (broad SMARTS) is 1. The van der Waals surface area contributed by atoms with Gasteiger partial charge in [-0.05, 0) is 49.1 Å². The summed E-state index contributed by atoms with van der Waals surface area (Å²) in [5.41, 5.74) is -0.129. The van der Waals surface area contributed by atoms with Crippen LogP contribution in [0.25, 0.3) is 11.1 Å². The summed E-state index contributed by atoms with van der Waals surface area (Å²) in [7, 11) is 1.59. The number of amides is 3. The van der Waals surface area contributed by atoms with Gasteiger partial charge in [0.25, 0.3) is 5.56 Å². The van der Waals surface area contributed by atoms with E-state index in [1.807, 2.05) is 12.1 Å². The second-order valence-electron chi connectivity index (χ2n) is 10.7. The number of piperidine rings is 1. The molecule has 5 rings (SSSR count). The summed E-state index contributed by atoms with van der Waals surface area (Å²) in [6.07, 6.45) is 2.33. The van der Waals surface area contributed by atoms with Crippen molar-refractivity contribution in [3.8, 4) is 16.9 Å². The number of carboxylic acids is 1. The minimum absolute atomic E-state index is 0.0130. The molecule has 0 atom stereocenters. The van der Waals surface area contributed by atoms with Crippen molar-refractivity contribution in [3.05, 3.63) is 79.8 Å². The fourth-order valence-corrected chi connectivity index (χ4v) is 5.87. The van der Waals surface area contributed by atoms with E-state index in [0.29, 0.717) is 44.6 Å². The number of carbonyl (C=O) groups excluding carboxylic acids is 2. The van der Waals surface area contributed by atoms with Crippen LogP contribution in [-0.4, -0.2) is 74.7 Å². The first-order valence-corrected chi connectivity index (χ1v) is 14.5. The number of aromatic nitrogens is 2. The number of halogens is 2. The summed E-state index contributed by atoms with van der Waals surface area (Å²) in [4.78, 5) is 67.4. The van der Waals surface area contributed by atoms with E-state index in [9.17, 15) is 28.4 Å². The fourth-order valence-electron chi connectivity index (χ4n) is 5.64. The van der Waals surface area contributed by atoms with Gasteiger partial charge in [-0.2, -0.15) is 0 Å². The molecule has 2 aliphatic rings. The highest BCUT2D eigenvalue weighted by atomic mass is 35.5. The molecule has 14 heteroatoms. The number of nitrogens with zero attached hydrogens (tertiary/aromatic N) is 4. The zero-order valence-electron chi connectivity index (χ0n) is 23.9. The molecule has 2 aliphatic heterocycles. The highest BCUT2D eigenvalue weighted by Crippen LogP contribution is 2.29. The molecule has 2 N–H and O–H groups in total. The lowest BCUT2D eigenvalue weighted by Crippen LogP contribution is -2.51. The van der Waals surface area contributed by atoms with Crippen LogP contribution in [0.2, 0.25) is 5.02 Å². The molecule has 0 aliphatic carbocycles. The third-order valence-corrected chi connectivity index (χ3v) is 8.41. The van der Waals surface area contributed by atoms with E-state index in [1.54, 1.807) is 23.0 Å². The summed E-state index contributed by atoms with van der Waals surface area (Å²) in [5.74, 6) is -1.69. The summed E-state index contributed by atoms with van der Waals surface area (Å²) in [6.45, 7) is 0.303. The van der Waals surface area contributed by atoms with E-state index in [4.69, 9.17) is 21.4 Å². The Morgan fingerprint density at radius 2 is 1.84 bits per heavy atom. The van der Waals surface area contributed by atoms with Crippen molar-refractivity contribution in [2.45, 2.75) is 44.8 Å². The summed E-state index contributed by atoms with van der Waals surface area (Å²) in [5, 5.41) is 11.8. The number of benzene rings is 2. The molecule has 0 radical (unpaired) electrons. The number of methoxy groups -OCH3 is 1. The molecule has 3 aromatic rings. The van der Waals surface area contributed by atoms with Crippen LogP contribution < -0.4 is 21.3 Å². The Morgan fingerprint density at radius 1 is 1.09 bits per heavy atom. The molecule has 2 aromatic carbocycles. The van der Waals surface area contributed by atoms with Gasteiger partial charge in [-0.3, -0.25) is 23.5 Å². The Bertz CT molecular complexity index is 1730. The molecular weight excluding hydrogens is 597 g/mol. The van der Waals surface area contributed by atoms with Gasteiger partial charge in [-0.15, -0.1) is 0 Å². The van der Waals surface area contributed by atoms with Crippen molar-refractivity contribution in [2.24, 2.45) is 0 Å². The standard InChI is InChI=1S/C30H31ClFN5O7/c1-44-20-5-6-24-18(15-20)7-13-36(29(42)33-24)19-8-11-34(12-9-19)25(38)17-35-16-22(21-3-2-4-23(32)27(21)31)28(41)37(30(35)43)14-10-26(39)40/h2-6,15-16,19H,7-14,17H2,1H3,(H,33,42)(H,39,40). The second-order valence-corrected chi connectivity index (χ2v) is 11.0. The minimum Gasteiger partial charge on any atom is -0.497 e. The third-order valence-electron chi connectivity index (χ3n) is 8.03. The highest BCUT2D eigenvalue weighted by Gasteiger charge is 2.32. The number of hydrogen-bond acceptors (Lipinski definition) is 6. The van der Waals surface area contributed by atoms with Crippen LogP contribution in [0.4, 0.5) is 14.9 Å². The van der Waals surface area contributed by atoms with Gasteiger partial charge in [-0.1, -0.05) is 23.7 Å². The molecule has 44 heavy (non-hydrogen) atoms. The zero-order chi connectivity index (χ0) is 31.5. The first kappa shape index (κ1) is 30.8. The normalized spacial score (nSPS) is 15.4.